The van der Waals surface area contributed by atoms with Crippen LogP contribution in [0.2, 0.25) is 0 Å². The van der Waals surface area contributed by atoms with Gasteiger partial charge in [0, 0.05) is 25.8 Å². The number of carbonyl (C=O) groups is 2. The van der Waals surface area contributed by atoms with E-state index in [4.69, 9.17) is 18.9 Å². The van der Waals surface area contributed by atoms with Crippen molar-refractivity contribution in [3.05, 3.63) is 29.8 Å². The lowest BCUT2D eigenvalue weighted by molar-refractivity contribution is -0.154. The quantitative estimate of drug-likeness (QED) is 0.468. The predicted octanol–water partition coefficient (Wildman–Crippen LogP) is 3.93. The first-order valence-corrected chi connectivity index (χ1v) is 10.6. The van der Waals surface area contributed by atoms with E-state index in [2.05, 4.69) is 0 Å². The van der Waals surface area contributed by atoms with E-state index in [-0.39, 0.29) is 18.7 Å². The van der Waals surface area contributed by atoms with Gasteiger partial charge in [-0.05, 0) is 46.1 Å². The van der Waals surface area contributed by atoms with Gasteiger partial charge >= 0.3 is 12.1 Å². The number of likely N-dealkylation sites (tertiary alicyclic amines) is 1. The van der Waals surface area contributed by atoms with E-state index in [1.807, 2.05) is 52.0 Å². The van der Waals surface area contributed by atoms with Crippen molar-refractivity contribution in [3.8, 4) is 5.75 Å². The molecule has 0 radical (unpaired) electrons. The van der Waals surface area contributed by atoms with Gasteiger partial charge in [0.25, 0.3) is 0 Å². The van der Waals surface area contributed by atoms with Gasteiger partial charge in [0.2, 0.25) is 0 Å². The normalized spacial score (nSPS) is 16.1. The molecule has 1 aliphatic rings. The van der Waals surface area contributed by atoms with Gasteiger partial charge in [-0.2, -0.15) is 0 Å². The molecule has 7 heteroatoms. The first-order valence-electron chi connectivity index (χ1n) is 10.6. The fourth-order valence-corrected chi connectivity index (χ4v) is 3.54. The van der Waals surface area contributed by atoms with Crippen LogP contribution in [0.25, 0.3) is 0 Å². The maximum atomic E-state index is 13.3. The first-order chi connectivity index (χ1) is 14.2. The molecule has 0 aromatic heterocycles. The fraction of sp³-hybridized carbons (Fsp3) is 0.652. The van der Waals surface area contributed by atoms with E-state index >= 15 is 0 Å². The average Bonchev–Trinajstić information content (AvgIpc) is 2.71. The van der Waals surface area contributed by atoms with Crippen molar-refractivity contribution in [2.75, 3.05) is 40.0 Å². The lowest BCUT2D eigenvalue weighted by Crippen LogP contribution is -2.50. The van der Waals surface area contributed by atoms with Crippen LogP contribution in [0.15, 0.2) is 24.3 Å². The summed E-state index contributed by atoms with van der Waals surface area (Å²) in [5.74, 6) is 0.379. The minimum atomic E-state index is -0.878. The SMILES string of the molecule is CCCOc1ccccc1C1(C(=O)OCCOC)CCN(C(=O)OC(C)(C)C)CC1. The molecule has 0 N–H and O–H groups in total. The summed E-state index contributed by atoms with van der Waals surface area (Å²) in [5.41, 5.74) is -0.633. The van der Waals surface area contributed by atoms with Crippen molar-refractivity contribution >= 4 is 12.1 Å². The maximum Gasteiger partial charge on any atom is 0.410 e. The predicted molar refractivity (Wildman–Crippen MR) is 114 cm³/mol. The smallest absolute Gasteiger partial charge is 0.410 e. The van der Waals surface area contributed by atoms with Gasteiger partial charge in [-0.15, -0.1) is 0 Å². The summed E-state index contributed by atoms with van der Waals surface area (Å²) in [4.78, 5) is 27.4. The van der Waals surface area contributed by atoms with Crippen LogP contribution in [0.1, 0.15) is 52.5 Å². The molecule has 2 rings (SSSR count). The van der Waals surface area contributed by atoms with Crippen LogP contribution in [-0.2, 0) is 24.4 Å². The van der Waals surface area contributed by atoms with Crippen molar-refractivity contribution in [2.24, 2.45) is 0 Å². The van der Waals surface area contributed by atoms with E-state index in [9.17, 15) is 9.59 Å². The van der Waals surface area contributed by atoms with Gasteiger partial charge in [-0.3, -0.25) is 4.79 Å². The Morgan fingerprint density at radius 2 is 1.73 bits per heavy atom. The second kappa shape index (κ2) is 10.7. The zero-order chi connectivity index (χ0) is 22.2. The second-order valence-corrected chi connectivity index (χ2v) is 8.52. The first kappa shape index (κ1) is 24.0. The molecule has 0 spiro atoms. The molecule has 7 nitrogen and oxygen atoms in total. The van der Waals surface area contributed by atoms with Gasteiger partial charge in [-0.25, -0.2) is 4.79 Å². The highest BCUT2D eigenvalue weighted by Crippen LogP contribution is 2.41. The molecule has 1 amide bonds. The lowest BCUT2D eigenvalue weighted by Gasteiger charge is -2.41. The molecule has 0 unspecified atom stereocenters. The van der Waals surface area contributed by atoms with Crippen molar-refractivity contribution < 1.29 is 28.5 Å². The fourth-order valence-electron chi connectivity index (χ4n) is 3.54. The van der Waals surface area contributed by atoms with Crippen LogP contribution in [0, 0.1) is 0 Å². The third kappa shape index (κ3) is 6.11. The number of carbonyl (C=O) groups excluding carboxylic acids is 2. The molecule has 1 aliphatic heterocycles. The maximum absolute atomic E-state index is 13.3. The number of rotatable bonds is 8. The van der Waals surface area contributed by atoms with E-state index in [1.165, 1.54) is 0 Å². The number of hydrogen-bond acceptors (Lipinski definition) is 6. The monoisotopic (exact) mass is 421 g/mol. The summed E-state index contributed by atoms with van der Waals surface area (Å²) in [6, 6.07) is 7.61. The molecule has 1 heterocycles. The molecular weight excluding hydrogens is 386 g/mol. The number of para-hydroxylation sites is 1. The van der Waals surface area contributed by atoms with Crippen molar-refractivity contribution in [3.63, 3.8) is 0 Å². The Kier molecular flexibility index (Phi) is 8.53. The second-order valence-electron chi connectivity index (χ2n) is 8.52. The largest absolute Gasteiger partial charge is 0.493 e. The van der Waals surface area contributed by atoms with Crippen molar-refractivity contribution in [1.29, 1.82) is 0 Å². The Balaban J connectivity index is 2.27. The number of esters is 1. The highest BCUT2D eigenvalue weighted by molar-refractivity contribution is 5.85. The zero-order valence-electron chi connectivity index (χ0n) is 18.9. The van der Waals surface area contributed by atoms with Crippen LogP contribution < -0.4 is 4.74 Å². The van der Waals surface area contributed by atoms with Gasteiger partial charge < -0.3 is 23.8 Å². The standard InChI is InChI=1S/C23H35NO6/c1-6-15-28-19-10-8-7-9-18(19)23(20(25)29-17-16-27-5)11-13-24(14-12-23)21(26)30-22(2,3)4/h7-10H,6,11-17H2,1-5H3. The molecule has 1 aromatic rings. The summed E-state index contributed by atoms with van der Waals surface area (Å²) in [7, 11) is 1.57. The lowest BCUT2D eigenvalue weighted by atomic mass is 9.72. The average molecular weight is 422 g/mol. The Morgan fingerprint density at radius 3 is 2.33 bits per heavy atom. The van der Waals surface area contributed by atoms with Crippen LogP contribution in [0.3, 0.4) is 0 Å². The van der Waals surface area contributed by atoms with Gasteiger partial charge in [-0.1, -0.05) is 25.1 Å². The Hall–Kier alpha value is -2.28. The van der Waals surface area contributed by atoms with Crippen LogP contribution in [0.5, 0.6) is 5.75 Å². The molecule has 1 saturated heterocycles. The minimum absolute atomic E-state index is 0.185. The third-order valence-electron chi connectivity index (χ3n) is 5.04. The Bertz CT molecular complexity index is 704. The number of hydrogen-bond donors (Lipinski definition) is 0. The Morgan fingerprint density at radius 1 is 1.07 bits per heavy atom. The van der Waals surface area contributed by atoms with E-state index in [0.29, 0.717) is 44.9 Å². The molecule has 0 aliphatic carbocycles. The number of ether oxygens (including phenoxy) is 4. The molecule has 0 saturated carbocycles. The summed E-state index contributed by atoms with van der Waals surface area (Å²) in [6.07, 6.45) is 1.38. The molecule has 30 heavy (non-hydrogen) atoms. The van der Waals surface area contributed by atoms with Gasteiger partial charge in [0.1, 0.15) is 18.0 Å². The van der Waals surface area contributed by atoms with Crippen molar-refractivity contribution in [2.45, 2.75) is 58.0 Å². The summed E-state index contributed by atoms with van der Waals surface area (Å²) in [5, 5.41) is 0. The van der Waals surface area contributed by atoms with E-state index in [1.54, 1.807) is 12.0 Å². The molecule has 0 bridgehead atoms. The molecule has 168 valence electrons. The summed E-state index contributed by atoms with van der Waals surface area (Å²) < 4.78 is 22.0. The zero-order valence-corrected chi connectivity index (χ0v) is 18.9. The number of amides is 1. The number of piperidine rings is 1. The number of nitrogens with zero attached hydrogens (tertiary/aromatic N) is 1. The number of methoxy groups -OCH3 is 1. The van der Waals surface area contributed by atoms with Gasteiger partial charge in [0.05, 0.1) is 18.6 Å². The topological polar surface area (TPSA) is 74.3 Å². The summed E-state index contributed by atoms with van der Waals surface area (Å²) in [6.45, 7) is 9.44. The third-order valence-corrected chi connectivity index (χ3v) is 5.04. The number of benzene rings is 1. The van der Waals surface area contributed by atoms with Crippen LogP contribution >= 0.6 is 0 Å². The highest BCUT2D eigenvalue weighted by Gasteiger charge is 2.47. The van der Waals surface area contributed by atoms with Crippen LogP contribution in [0.4, 0.5) is 4.79 Å². The van der Waals surface area contributed by atoms with E-state index < -0.39 is 11.0 Å². The molecule has 1 aromatic carbocycles. The van der Waals surface area contributed by atoms with Crippen molar-refractivity contribution in [1.82, 2.24) is 4.90 Å². The molecular formula is C23H35NO6. The Labute approximate surface area is 179 Å². The molecule has 0 atom stereocenters. The summed E-state index contributed by atoms with van der Waals surface area (Å²) >= 11 is 0. The van der Waals surface area contributed by atoms with Gasteiger partial charge in [0.15, 0.2) is 0 Å². The van der Waals surface area contributed by atoms with Crippen LogP contribution in [-0.4, -0.2) is 62.6 Å². The molecule has 1 fully saturated rings. The minimum Gasteiger partial charge on any atom is -0.493 e. The van der Waals surface area contributed by atoms with E-state index in [0.717, 1.165) is 12.0 Å². The highest BCUT2D eigenvalue weighted by atomic mass is 16.6.